The molecule has 2 heterocycles. The van der Waals surface area contributed by atoms with Crippen LogP contribution in [0.1, 0.15) is 26.8 Å². The van der Waals surface area contributed by atoms with Crippen LogP contribution in [-0.4, -0.2) is 16.8 Å². The Kier molecular flexibility index (Phi) is 4.43. The molecule has 0 saturated carbocycles. The van der Waals surface area contributed by atoms with Crippen LogP contribution in [0.15, 0.2) is 40.1 Å². The predicted molar refractivity (Wildman–Crippen MR) is 92.4 cm³/mol. The average Bonchev–Trinajstić information content (AvgIpc) is 3.15. The fourth-order valence-corrected chi connectivity index (χ4v) is 2.81. The lowest BCUT2D eigenvalue weighted by atomic mass is 10.1. The number of hydrogen-bond acceptors (Lipinski definition) is 5. The standard InChI is InChI=1S/C17H15N3O3S/c1-10-13-5-3-4-6-14(13)23-16(10)17(22)20-19-15(21)8-7-12-9-24-11(2)18-12/h3-9H,1-2H3,(H,19,21)(H,20,22)/b8-7+. The highest BCUT2D eigenvalue weighted by atomic mass is 32.1. The fourth-order valence-electron chi connectivity index (χ4n) is 2.23. The average molecular weight is 341 g/mol. The molecule has 0 fully saturated rings. The van der Waals surface area contributed by atoms with Crippen LogP contribution < -0.4 is 10.9 Å². The molecule has 2 aromatic heterocycles. The van der Waals surface area contributed by atoms with E-state index in [2.05, 4.69) is 15.8 Å². The van der Waals surface area contributed by atoms with Crippen LogP contribution in [0, 0.1) is 13.8 Å². The quantitative estimate of drug-likeness (QED) is 0.566. The molecule has 0 unspecified atom stereocenters. The highest BCUT2D eigenvalue weighted by Gasteiger charge is 2.17. The van der Waals surface area contributed by atoms with Crippen molar-refractivity contribution >= 4 is 40.2 Å². The van der Waals surface area contributed by atoms with E-state index in [1.54, 1.807) is 19.1 Å². The molecule has 7 heteroatoms. The zero-order chi connectivity index (χ0) is 17.1. The van der Waals surface area contributed by atoms with Gasteiger partial charge in [0.2, 0.25) is 0 Å². The van der Waals surface area contributed by atoms with Gasteiger partial charge >= 0.3 is 5.91 Å². The Balaban J connectivity index is 1.63. The van der Waals surface area contributed by atoms with Crippen LogP contribution in [0.3, 0.4) is 0 Å². The first kappa shape index (κ1) is 15.9. The summed E-state index contributed by atoms with van der Waals surface area (Å²) in [6.45, 7) is 3.69. The van der Waals surface area contributed by atoms with Crippen molar-refractivity contribution in [1.82, 2.24) is 15.8 Å². The van der Waals surface area contributed by atoms with Crippen LogP contribution in [0.4, 0.5) is 0 Å². The van der Waals surface area contributed by atoms with E-state index in [4.69, 9.17) is 4.42 Å². The van der Waals surface area contributed by atoms with Crippen LogP contribution in [0.25, 0.3) is 17.0 Å². The molecule has 2 amide bonds. The highest BCUT2D eigenvalue weighted by Crippen LogP contribution is 2.24. The smallest absolute Gasteiger partial charge is 0.305 e. The van der Waals surface area contributed by atoms with Gasteiger partial charge in [0, 0.05) is 22.4 Å². The van der Waals surface area contributed by atoms with Crippen molar-refractivity contribution in [3.63, 3.8) is 0 Å². The van der Waals surface area contributed by atoms with Crippen LogP contribution in [0.5, 0.6) is 0 Å². The van der Waals surface area contributed by atoms with Gasteiger partial charge in [0.15, 0.2) is 5.76 Å². The van der Waals surface area contributed by atoms with Gasteiger partial charge in [-0.1, -0.05) is 18.2 Å². The summed E-state index contributed by atoms with van der Waals surface area (Å²) in [6, 6.07) is 7.37. The molecule has 122 valence electrons. The molecule has 6 nitrogen and oxygen atoms in total. The number of para-hydroxylation sites is 1. The van der Waals surface area contributed by atoms with Gasteiger partial charge < -0.3 is 4.42 Å². The molecule has 0 bridgehead atoms. The van der Waals surface area contributed by atoms with Gasteiger partial charge in [-0.05, 0) is 26.0 Å². The number of nitrogens with one attached hydrogen (secondary N) is 2. The van der Waals surface area contributed by atoms with Crippen molar-refractivity contribution in [3.05, 3.63) is 57.7 Å². The second-order valence-corrected chi connectivity index (χ2v) is 6.18. The van der Waals surface area contributed by atoms with Crippen molar-refractivity contribution < 1.29 is 14.0 Å². The lowest BCUT2D eigenvalue weighted by molar-refractivity contribution is -0.117. The Bertz CT molecular complexity index is 940. The van der Waals surface area contributed by atoms with Gasteiger partial charge in [0.05, 0.1) is 10.7 Å². The van der Waals surface area contributed by atoms with Crippen LogP contribution in [-0.2, 0) is 4.79 Å². The van der Waals surface area contributed by atoms with Gasteiger partial charge in [-0.15, -0.1) is 11.3 Å². The van der Waals surface area contributed by atoms with E-state index in [9.17, 15) is 9.59 Å². The Hall–Kier alpha value is -2.93. The Morgan fingerprint density at radius 3 is 2.71 bits per heavy atom. The number of aromatic nitrogens is 1. The molecular formula is C17H15N3O3S. The number of carbonyl (C=O) groups is 2. The van der Waals surface area contributed by atoms with E-state index in [0.717, 1.165) is 16.0 Å². The maximum atomic E-state index is 12.2. The Labute approximate surface area is 142 Å². The molecule has 0 aliphatic rings. The molecule has 3 rings (SSSR count). The molecule has 0 aliphatic heterocycles. The van der Waals surface area contributed by atoms with Gasteiger partial charge in [-0.25, -0.2) is 4.98 Å². The maximum Gasteiger partial charge on any atom is 0.305 e. The number of aryl methyl sites for hydroxylation is 2. The van der Waals surface area contributed by atoms with Gasteiger partial charge in [-0.2, -0.15) is 0 Å². The summed E-state index contributed by atoms with van der Waals surface area (Å²) in [6.07, 6.45) is 2.89. The van der Waals surface area contributed by atoms with E-state index in [1.807, 2.05) is 30.5 Å². The summed E-state index contributed by atoms with van der Waals surface area (Å²) in [7, 11) is 0. The number of benzene rings is 1. The third-order valence-corrected chi connectivity index (χ3v) is 4.18. The van der Waals surface area contributed by atoms with E-state index in [1.165, 1.54) is 17.4 Å². The van der Waals surface area contributed by atoms with E-state index in [0.29, 0.717) is 11.3 Å². The summed E-state index contributed by atoms with van der Waals surface area (Å²) in [5.41, 5.74) is 6.72. The van der Waals surface area contributed by atoms with Crippen molar-refractivity contribution in [3.8, 4) is 0 Å². The number of fused-ring (bicyclic) bond motifs is 1. The zero-order valence-corrected chi connectivity index (χ0v) is 13.9. The summed E-state index contributed by atoms with van der Waals surface area (Å²) < 4.78 is 5.53. The van der Waals surface area contributed by atoms with Gasteiger partial charge in [0.1, 0.15) is 5.58 Å². The van der Waals surface area contributed by atoms with Crippen molar-refractivity contribution in [1.29, 1.82) is 0 Å². The van der Waals surface area contributed by atoms with Crippen molar-refractivity contribution in [2.24, 2.45) is 0 Å². The van der Waals surface area contributed by atoms with Crippen molar-refractivity contribution in [2.75, 3.05) is 0 Å². The number of carbonyl (C=O) groups excluding carboxylic acids is 2. The third kappa shape index (κ3) is 3.36. The summed E-state index contributed by atoms with van der Waals surface area (Å²) >= 11 is 1.50. The molecule has 3 aromatic rings. The maximum absolute atomic E-state index is 12.2. The zero-order valence-electron chi connectivity index (χ0n) is 13.1. The first-order valence-corrected chi connectivity index (χ1v) is 8.11. The Morgan fingerprint density at radius 1 is 1.21 bits per heavy atom. The first-order valence-electron chi connectivity index (χ1n) is 7.23. The summed E-state index contributed by atoms with van der Waals surface area (Å²) in [5.74, 6) is -0.784. The SMILES string of the molecule is Cc1nc(/C=C/C(=O)NNC(=O)c2oc3ccccc3c2C)cs1. The second-order valence-electron chi connectivity index (χ2n) is 5.12. The second kappa shape index (κ2) is 6.67. The van der Waals surface area contributed by atoms with E-state index >= 15 is 0 Å². The molecule has 2 N–H and O–H groups in total. The monoisotopic (exact) mass is 341 g/mol. The number of furan rings is 1. The fraction of sp³-hybridized carbons (Fsp3) is 0.118. The minimum absolute atomic E-state index is 0.176. The first-order chi connectivity index (χ1) is 11.5. The topological polar surface area (TPSA) is 84.2 Å². The van der Waals surface area contributed by atoms with Crippen LogP contribution >= 0.6 is 11.3 Å². The molecule has 24 heavy (non-hydrogen) atoms. The van der Waals surface area contributed by atoms with Crippen molar-refractivity contribution in [2.45, 2.75) is 13.8 Å². The van der Waals surface area contributed by atoms with Gasteiger partial charge in [-0.3, -0.25) is 20.4 Å². The summed E-state index contributed by atoms with van der Waals surface area (Å²) in [4.78, 5) is 28.1. The normalized spacial score (nSPS) is 11.1. The minimum Gasteiger partial charge on any atom is -0.451 e. The number of amides is 2. The van der Waals surface area contributed by atoms with Gasteiger partial charge in [0.25, 0.3) is 5.91 Å². The molecule has 0 aliphatic carbocycles. The molecule has 0 radical (unpaired) electrons. The van der Waals surface area contributed by atoms with E-state index < -0.39 is 11.8 Å². The largest absolute Gasteiger partial charge is 0.451 e. The number of hydrazine groups is 1. The molecular weight excluding hydrogens is 326 g/mol. The molecule has 0 atom stereocenters. The van der Waals surface area contributed by atoms with Crippen LogP contribution in [0.2, 0.25) is 0 Å². The predicted octanol–water partition coefficient (Wildman–Crippen LogP) is 2.98. The number of thiazole rings is 1. The molecule has 1 aromatic carbocycles. The third-order valence-electron chi connectivity index (χ3n) is 3.39. The lowest BCUT2D eigenvalue weighted by Crippen LogP contribution is -2.40. The lowest BCUT2D eigenvalue weighted by Gasteiger charge is -2.03. The Morgan fingerprint density at radius 2 is 2.00 bits per heavy atom. The number of rotatable bonds is 3. The minimum atomic E-state index is -0.505. The highest BCUT2D eigenvalue weighted by molar-refractivity contribution is 7.09. The number of nitrogens with zero attached hydrogens (tertiary/aromatic N) is 1. The summed E-state index contributed by atoms with van der Waals surface area (Å²) in [5, 5.41) is 3.63. The van der Waals surface area contributed by atoms with E-state index in [-0.39, 0.29) is 5.76 Å². The number of hydrogen-bond donors (Lipinski definition) is 2. The molecule has 0 spiro atoms. The molecule has 0 saturated heterocycles.